The maximum absolute atomic E-state index is 13.3. The summed E-state index contributed by atoms with van der Waals surface area (Å²) < 4.78 is 47.9. The molecule has 0 aliphatic heterocycles. The number of benzene rings is 1. The SMILES string of the molecule is CC(C)(C(=O)O)S(=O)(=O)Cc1cccc(F)c1F. The van der Waals surface area contributed by atoms with Crippen LogP contribution in [0.1, 0.15) is 19.4 Å². The summed E-state index contributed by atoms with van der Waals surface area (Å²) in [6.07, 6.45) is 0. The number of aliphatic carboxylic acids is 1. The lowest BCUT2D eigenvalue weighted by molar-refractivity contribution is -0.139. The van der Waals surface area contributed by atoms with E-state index in [1.54, 1.807) is 0 Å². The Labute approximate surface area is 103 Å². The molecule has 0 saturated carbocycles. The molecule has 0 amide bonds. The summed E-state index contributed by atoms with van der Waals surface area (Å²) in [6.45, 7) is 2.00. The molecule has 0 bridgehead atoms. The molecule has 0 aromatic heterocycles. The molecule has 100 valence electrons. The van der Waals surface area contributed by atoms with E-state index in [2.05, 4.69) is 0 Å². The van der Waals surface area contributed by atoms with Gasteiger partial charge in [-0.05, 0) is 19.9 Å². The zero-order chi connectivity index (χ0) is 14.1. The van der Waals surface area contributed by atoms with Crippen LogP contribution in [0.2, 0.25) is 0 Å². The predicted octanol–water partition coefficient (Wildman–Crippen LogP) is 1.74. The van der Waals surface area contributed by atoms with E-state index >= 15 is 0 Å². The number of carboxylic acids is 1. The van der Waals surface area contributed by atoms with Gasteiger partial charge in [-0.1, -0.05) is 12.1 Å². The zero-order valence-corrected chi connectivity index (χ0v) is 10.6. The standard InChI is InChI=1S/C11H12F2O4S/c1-11(2,10(14)15)18(16,17)6-7-4-3-5-8(12)9(7)13/h3-5H,6H2,1-2H3,(H,14,15). The molecule has 0 unspecified atom stereocenters. The number of sulfone groups is 1. The van der Waals surface area contributed by atoms with E-state index in [1.165, 1.54) is 0 Å². The number of hydrogen-bond donors (Lipinski definition) is 1. The summed E-state index contributed by atoms with van der Waals surface area (Å²) in [4.78, 5) is 10.9. The first-order valence-electron chi connectivity index (χ1n) is 4.98. The van der Waals surface area contributed by atoms with Gasteiger partial charge in [0.05, 0.1) is 5.75 Å². The van der Waals surface area contributed by atoms with Crippen LogP contribution in [0.4, 0.5) is 8.78 Å². The number of hydrogen-bond acceptors (Lipinski definition) is 3. The Morgan fingerprint density at radius 1 is 1.33 bits per heavy atom. The second-order valence-electron chi connectivity index (χ2n) is 4.29. The van der Waals surface area contributed by atoms with Crippen LogP contribution in [0, 0.1) is 11.6 Å². The summed E-state index contributed by atoms with van der Waals surface area (Å²) in [5.41, 5.74) is -0.385. The maximum Gasteiger partial charge on any atom is 0.324 e. The normalized spacial score (nSPS) is 12.4. The maximum atomic E-state index is 13.3. The zero-order valence-electron chi connectivity index (χ0n) is 9.78. The van der Waals surface area contributed by atoms with Crippen LogP contribution < -0.4 is 0 Å². The van der Waals surface area contributed by atoms with E-state index in [0.717, 1.165) is 32.0 Å². The van der Waals surface area contributed by atoms with Crippen LogP contribution in [0.25, 0.3) is 0 Å². The highest BCUT2D eigenvalue weighted by Crippen LogP contribution is 2.23. The van der Waals surface area contributed by atoms with Crippen molar-refractivity contribution < 1.29 is 27.1 Å². The average Bonchev–Trinajstić information content (AvgIpc) is 2.24. The molecule has 0 atom stereocenters. The minimum Gasteiger partial charge on any atom is -0.480 e. The van der Waals surface area contributed by atoms with E-state index in [4.69, 9.17) is 5.11 Å². The van der Waals surface area contributed by atoms with Crippen molar-refractivity contribution in [1.82, 2.24) is 0 Å². The largest absolute Gasteiger partial charge is 0.480 e. The Kier molecular flexibility index (Phi) is 3.75. The lowest BCUT2D eigenvalue weighted by Gasteiger charge is -2.19. The van der Waals surface area contributed by atoms with Gasteiger partial charge in [0.1, 0.15) is 0 Å². The van der Waals surface area contributed by atoms with Crippen molar-refractivity contribution >= 4 is 15.8 Å². The Morgan fingerprint density at radius 2 is 1.89 bits per heavy atom. The second kappa shape index (κ2) is 4.64. The summed E-state index contributed by atoms with van der Waals surface area (Å²) >= 11 is 0. The van der Waals surface area contributed by atoms with Gasteiger partial charge in [-0.15, -0.1) is 0 Å². The van der Waals surface area contributed by atoms with Gasteiger partial charge in [0, 0.05) is 5.56 Å². The Hall–Kier alpha value is -1.50. The summed E-state index contributed by atoms with van der Waals surface area (Å²) in [6, 6.07) is 3.12. The molecule has 0 spiro atoms. The molecule has 0 radical (unpaired) electrons. The van der Waals surface area contributed by atoms with Crippen LogP contribution in [0.5, 0.6) is 0 Å². The molecular weight excluding hydrogens is 266 g/mol. The van der Waals surface area contributed by atoms with Crippen LogP contribution in [0.3, 0.4) is 0 Å². The van der Waals surface area contributed by atoms with Crippen molar-refractivity contribution in [1.29, 1.82) is 0 Å². The van der Waals surface area contributed by atoms with Gasteiger partial charge in [-0.3, -0.25) is 4.79 Å². The topological polar surface area (TPSA) is 71.4 Å². The highest BCUT2D eigenvalue weighted by molar-refractivity contribution is 7.92. The van der Waals surface area contributed by atoms with E-state index in [9.17, 15) is 22.0 Å². The average molecular weight is 278 g/mol. The first-order chi connectivity index (χ1) is 8.09. The fraction of sp³-hybridized carbons (Fsp3) is 0.364. The van der Waals surface area contributed by atoms with Gasteiger partial charge in [0.25, 0.3) is 0 Å². The van der Waals surface area contributed by atoms with Gasteiger partial charge >= 0.3 is 5.97 Å². The number of rotatable bonds is 4. The van der Waals surface area contributed by atoms with E-state index in [1.807, 2.05) is 0 Å². The smallest absolute Gasteiger partial charge is 0.324 e. The highest BCUT2D eigenvalue weighted by Gasteiger charge is 2.42. The minimum absolute atomic E-state index is 0.385. The minimum atomic E-state index is -4.16. The number of carbonyl (C=O) groups is 1. The molecule has 0 fully saturated rings. The Morgan fingerprint density at radius 3 is 2.39 bits per heavy atom. The van der Waals surface area contributed by atoms with Gasteiger partial charge in [0.2, 0.25) is 0 Å². The molecule has 0 saturated heterocycles. The summed E-state index contributed by atoms with van der Waals surface area (Å²) in [5, 5.41) is 8.83. The predicted molar refractivity (Wildman–Crippen MR) is 60.7 cm³/mol. The molecule has 0 aliphatic carbocycles. The molecule has 18 heavy (non-hydrogen) atoms. The fourth-order valence-electron chi connectivity index (χ4n) is 1.18. The quantitative estimate of drug-likeness (QED) is 0.910. The van der Waals surface area contributed by atoms with E-state index < -0.39 is 37.9 Å². The van der Waals surface area contributed by atoms with Crippen LogP contribution >= 0.6 is 0 Å². The van der Waals surface area contributed by atoms with Crippen molar-refractivity contribution in [2.75, 3.05) is 0 Å². The second-order valence-corrected chi connectivity index (χ2v) is 6.83. The molecule has 1 aromatic rings. The monoisotopic (exact) mass is 278 g/mol. The Bertz CT molecular complexity index is 579. The lowest BCUT2D eigenvalue weighted by Crippen LogP contribution is -2.41. The first kappa shape index (κ1) is 14.6. The number of carboxylic acid groups (broad SMARTS) is 1. The number of halogens is 2. The van der Waals surface area contributed by atoms with Crippen LogP contribution in [-0.2, 0) is 20.4 Å². The third-order valence-corrected chi connectivity index (χ3v) is 5.09. The molecule has 7 heteroatoms. The van der Waals surface area contributed by atoms with Gasteiger partial charge in [-0.2, -0.15) is 0 Å². The van der Waals surface area contributed by atoms with Crippen molar-refractivity contribution in [3.63, 3.8) is 0 Å². The van der Waals surface area contributed by atoms with E-state index in [-0.39, 0.29) is 5.56 Å². The van der Waals surface area contributed by atoms with Crippen molar-refractivity contribution in [3.8, 4) is 0 Å². The van der Waals surface area contributed by atoms with Gasteiger partial charge in [0.15, 0.2) is 26.2 Å². The first-order valence-corrected chi connectivity index (χ1v) is 6.63. The summed E-state index contributed by atoms with van der Waals surface area (Å²) in [5.74, 6) is -4.85. The van der Waals surface area contributed by atoms with E-state index in [0.29, 0.717) is 0 Å². The van der Waals surface area contributed by atoms with Gasteiger partial charge in [-0.25, -0.2) is 17.2 Å². The van der Waals surface area contributed by atoms with Crippen molar-refractivity contribution in [3.05, 3.63) is 35.4 Å². The van der Waals surface area contributed by atoms with Crippen LogP contribution in [0.15, 0.2) is 18.2 Å². The Balaban J connectivity index is 3.19. The van der Waals surface area contributed by atoms with Crippen molar-refractivity contribution in [2.24, 2.45) is 0 Å². The third kappa shape index (κ3) is 2.50. The molecule has 0 heterocycles. The lowest BCUT2D eigenvalue weighted by atomic mass is 10.2. The third-order valence-electron chi connectivity index (χ3n) is 2.67. The van der Waals surface area contributed by atoms with Gasteiger partial charge < -0.3 is 5.11 Å². The highest BCUT2D eigenvalue weighted by atomic mass is 32.2. The molecule has 1 N–H and O–H groups in total. The molecule has 0 aliphatic rings. The molecule has 1 rings (SSSR count). The summed E-state index contributed by atoms with van der Waals surface area (Å²) in [7, 11) is -4.16. The molecule has 1 aromatic carbocycles. The molecular formula is C11H12F2O4S. The fourth-order valence-corrected chi connectivity index (χ4v) is 2.44. The van der Waals surface area contributed by atoms with Crippen LogP contribution in [-0.4, -0.2) is 24.2 Å². The molecule has 4 nitrogen and oxygen atoms in total. The van der Waals surface area contributed by atoms with Crippen molar-refractivity contribution in [2.45, 2.75) is 24.3 Å².